The lowest BCUT2D eigenvalue weighted by Gasteiger charge is -2.30. The second kappa shape index (κ2) is 5.78. The summed E-state index contributed by atoms with van der Waals surface area (Å²) in [6.07, 6.45) is 0.978. The summed E-state index contributed by atoms with van der Waals surface area (Å²) in [4.78, 5) is 0. The predicted octanol–water partition coefficient (Wildman–Crippen LogP) is 1.48. The number of hydrogen-bond acceptors (Lipinski definition) is 4. The van der Waals surface area contributed by atoms with Crippen LogP contribution in [0.1, 0.15) is 24.4 Å². The molecule has 2 aliphatic rings. The minimum absolute atomic E-state index is 0.0345. The second-order valence-electron chi connectivity index (χ2n) is 6.16. The molecule has 0 amide bonds. The van der Waals surface area contributed by atoms with Crippen LogP contribution in [0.2, 0.25) is 0 Å². The van der Waals surface area contributed by atoms with Gasteiger partial charge in [0.25, 0.3) is 0 Å². The van der Waals surface area contributed by atoms with Crippen molar-refractivity contribution in [3.05, 3.63) is 35.4 Å². The Kier molecular flexibility index (Phi) is 4.22. The van der Waals surface area contributed by atoms with Crippen molar-refractivity contribution in [1.82, 2.24) is 4.31 Å². The zero-order chi connectivity index (χ0) is 16.8. The van der Waals surface area contributed by atoms with Crippen molar-refractivity contribution in [1.29, 1.82) is 0 Å². The fraction of sp³-hybridized carbons (Fsp3) is 0.571. The highest BCUT2D eigenvalue weighted by Gasteiger charge is 2.42. The van der Waals surface area contributed by atoms with Crippen molar-refractivity contribution in [2.75, 3.05) is 23.8 Å². The van der Waals surface area contributed by atoms with E-state index in [0.29, 0.717) is 12.8 Å². The number of halogens is 2. The SMILES string of the molecule is O=S1(=O)CC(CS(=O)(=O)N2CCCC2c2cc(F)ccc2F)C1. The molecule has 5 nitrogen and oxygen atoms in total. The fourth-order valence-electron chi connectivity index (χ4n) is 3.31. The second-order valence-corrected chi connectivity index (χ2v) is 10.3. The lowest BCUT2D eigenvalue weighted by atomic mass is 10.0. The summed E-state index contributed by atoms with van der Waals surface area (Å²) in [5.41, 5.74) is 0.0345. The maximum atomic E-state index is 14.0. The number of sulfonamides is 1. The van der Waals surface area contributed by atoms with Crippen molar-refractivity contribution < 1.29 is 25.6 Å². The Morgan fingerprint density at radius 3 is 2.57 bits per heavy atom. The Labute approximate surface area is 134 Å². The van der Waals surface area contributed by atoms with Crippen LogP contribution in [0.15, 0.2) is 18.2 Å². The van der Waals surface area contributed by atoms with Gasteiger partial charge in [-0.2, -0.15) is 4.31 Å². The molecule has 1 atom stereocenters. The number of rotatable bonds is 4. The molecule has 0 aliphatic carbocycles. The lowest BCUT2D eigenvalue weighted by molar-refractivity contribution is 0.380. The van der Waals surface area contributed by atoms with E-state index in [-0.39, 0.29) is 29.4 Å². The Hall–Kier alpha value is -1.06. The van der Waals surface area contributed by atoms with Gasteiger partial charge in [-0.1, -0.05) is 0 Å². The molecule has 128 valence electrons. The molecule has 0 saturated carbocycles. The van der Waals surface area contributed by atoms with Gasteiger partial charge < -0.3 is 0 Å². The van der Waals surface area contributed by atoms with Crippen LogP contribution < -0.4 is 0 Å². The Bertz CT molecular complexity index is 811. The molecule has 2 fully saturated rings. The molecule has 1 aromatic rings. The summed E-state index contributed by atoms with van der Waals surface area (Å²) in [5, 5.41) is 0. The molecule has 0 radical (unpaired) electrons. The summed E-state index contributed by atoms with van der Waals surface area (Å²) in [5.74, 6) is -2.18. The number of nitrogens with zero attached hydrogens (tertiary/aromatic N) is 1. The molecule has 0 aromatic heterocycles. The smallest absolute Gasteiger partial charge is 0.215 e. The standard InChI is InChI=1S/C14H17F2NO4S2/c15-11-3-4-13(16)12(6-11)14-2-1-5-17(14)23(20,21)9-10-7-22(18,19)8-10/h3-4,6,10,14H,1-2,5,7-9H2. The summed E-state index contributed by atoms with van der Waals surface area (Å²) >= 11 is 0. The Balaban J connectivity index is 1.82. The van der Waals surface area contributed by atoms with Gasteiger partial charge in [0.05, 0.1) is 23.3 Å². The molecule has 1 aromatic carbocycles. The van der Waals surface area contributed by atoms with Gasteiger partial charge in [0.1, 0.15) is 11.6 Å². The highest BCUT2D eigenvalue weighted by Crippen LogP contribution is 2.37. The first-order chi connectivity index (χ1) is 10.7. The quantitative estimate of drug-likeness (QED) is 0.810. The Morgan fingerprint density at radius 2 is 1.91 bits per heavy atom. The molecule has 0 spiro atoms. The summed E-state index contributed by atoms with van der Waals surface area (Å²) in [7, 11) is -6.81. The van der Waals surface area contributed by atoms with Gasteiger partial charge in [0, 0.05) is 18.0 Å². The van der Waals surface area contributed by atoms with Gasteiger partial charge in [-0.15, -0.1) is 0 Å². The third-order valence-electron chi connectivity index (χ3n) is 4.30. The summed E-state index contributed by atoms with van der Waals surface area (Å²) in [6.45, 7) is 0.239. The van der Waals surface area contributed by atoms with Crippen LogP contribution >= 0.6 is 0 Å². The van der Waals surface area contributed by atoms with Crippen LogP contribution in [-0.2, 0) is 19.9 Å². The maximum absolute atomic E-state index is 14.0. The number of benzene rings is 1. The number of sulfone groups is 1. The Morgan fingerprint density at radius 1 is 1.22 bits per heavy atom. The van der Waals surface area contributed by atoms with Crippen LogP contribution in [0.3, 0.4) is 0 Å². The fourth-order valence-corrected chi connectivity index (χ4v) is 7.22. The van der Waals surface area contributed by atoms with Crippen molar-refractivity contribution in [2.24, 2.45) is 5.92 Å². The molecule has 0 bridgehead atoms. The first-order valence-corrected chi connectivity index (χ1v) is 10.8. The van der Waals surface area contributed by atoms with Crippen LogP contribution in [0, 0.1) is 17.6 Å². The molecular weight excluding hydrogens is 348 g/mol. The summed E-state index contributed by atoms with van der Waals surface area (Å²) < 4.78 is 76.0. The number of hydrogen-bond donors (Lipinski definition) is 0. The van der Waals surface area contributed by atoms with Gasteiger partial charge in [0.15, 0.2) is 9.84 Å². The normalized spacial score (nSPS) is 25.4. The monoisotopic (exact) mass is 365 g/mol. The van der Waals surface area contributed by atoms with Gasteiger partial charge in [-0.05, 0) is 31.0 Å². The zero-order valence-electron chi connectivity index (χ0n) is 12.3. The van der Waals surface area contributed by atoms with E-state index in [1.807, 2.05) is 0 Å². The molecule has 2 aliphatic heterocycles. The molecular formula is C14H17F2NO4S2. The van der Waals surface area contributed by atoms with E-state index in [9.17, 15) is 25.6 Å². The minimum atomic E-state index is -3.72. The van der Waals surface area contributed by atoms with E-state index in [0.717, 1.165) is 18.2 Å². The van der Waals surface area contributed by atoms with Gasteiger partial charge in [-0.3, -0.25) is 0 Å². The van der Waals surface area contributed by atoms with E-state index >= 15 is 0 Å². The average Bonchev–Trinajstić information content (AvgIpc) is 2.89. The summed E-state index contributed by atoms with van der Waals surface area (Å²) in [6, 6.07) is 2.28. The molecule has 0 N–H and O–H groups in total. The van der Waals surface area contributed by atoms with Crippen molar-refractivity contribution in [2.45, 2.75) is 18.9 Å². The van der Waals surface area contributed by atoms with Crippen molar-refractivity contribution >= 4 is 19.9 Å². The first kappa shape index (κ1) is 16.8. The van der Waals surface area contributed by atoms with E-state index in [1.54, 1.807) is 0 Å². The van der Waals surface area contributed by atoms with Crippen LogP contribution in [0.25, 0.3) is 0 Å². The third kappa shape index (κ3) is 3.41. The van der Waals surface area contributed by atoms with E-state index in [4.69, 9.17) is 0 Å². The van der Waals surface area contributed by atoms with Crippen LogP contribution in [0.5, 0.6) is 0 Å². The third-order valence-corrected chi connectivity index (χ3v) is 8.31. The molecule has 9 heteroatoms. The lowest BCUT2D eigenvalue weighted by Crippen LogP contribution is -2.44. The minimum Gasteiger partial charge on any atom is -0.229 e. The first-order valence-electron chi connectivity index (χ1n) is 7.33. The zero-order valence-corrected chi connectivity index (χ0v) is 13.9. The van der Waals surface area contributed by atoms with E-state index in [1.165, 1.54) is 4.31 Å². The molecule has 23 heavy (non-hydrogen) atoms. The highest BCUT2D eigenvalue weighted by molar-refractivity contribution is 7.93. The predicted molar refractivity (Wildman–Crippen MR) is 81.0 cm³/mol. The topological polar surface area (TPSA) is 71.5 Å². The highest BCUT2D eigenvalue weighted by atomic mass is 32.2. The average molecular weight is 365 g/mol. The van der Waals surface area contributed by atoms with Gasteiger partial charge in [-0.25, -0.2) is 25.6 Å². The van der Waals surface area contributed by atoms with E-state index < -0.39 is 43.5 Å². The van der Waals surface area contributed by atoms with Crippen molar-refractivity contribution in [3.63, 3.8) is 0 Å². The van der Waals surface area contributed by atoms with Gasteiger partial charge >= 0.3 is 0 Å². The molecule has 3 rings (SSSR count). The largest absolute Gasteiger partial charge is 0.229 e. The van der Waals surface area contributed by atoms with Gasteiger partial charge in [0.2, 0.25) is 10.0 Å². The van der Waals surface area contributed by atoms with E-state index in [2.05, 4.69) is 0 Å². The molecule has 2 saturated heterocycles. The van der Waals surface area contributed by atoms with Crippen LogP contribution in [-0.4, -0.2) is 44.9 Å². The van der Waals surface area contributed by atoms with Crippen LogP contribution in [0.4, 0.5) is 8.78 Å². The maximum Gasteiger partial charge on any atom is 0.215 e. The molecule has 1 unspecified atom stereocenters. The molecule has 2 heterocycles. The van der Waals surface area contributed by atoms with Crippen molar-refractivity contribution in [3.8, 4) is 0 Å².